The van der Waals surface area contributed by atoms with E-state index in [1.54, 1.807) is 0 Å². The molecule has 1 unspecified atom stereocenters. The maximum Gasteiger partial charge on any atom is 0.325 e. The van der Waals surface area contributed by atoms with Gasteiger partial charge < -0.3 is 20.2 Å². The van der Waals surface area contributed by atoms with E-state index in [-0.39, 0.29) is 29.7 Å². The van der Waals surface area contributed by atoms with Crippen LogP contribution in [0.4, 0.5) is 0 Å². The molecule has 0 bridgehead atoms. The third-order valence-electron chi connectivity index (χ3n) is 2.86. The van der Waals surface area contributed by atoms with E-state index >= 15 is 0 Å². The van der Waals surface area contributed by atoms with Crippen LogP contribution in [-0.2, 0) is 4.79 Å². The van der Waals surface area contributed by atoms with Crippen LogP contribution in [0.1, 0.15) is 16.8 Å². The van der Waals surface area contributed by atoms with E-state index in [2.05, 4.69) is 0 Å². The number of hydrogen-bond donors (Lipinski definition) is 2. The largest absolute Gasteiger partial charge is 0.480 e. The second-order valence-corrected chi connectivity index (χ2v) is 4.39. The first-order chi connectivity index (χ1) is 7.94. The van der Waals surface area contributed by atoms with Gasteiger partial charge in [0.15, 0.2) is 0 Å². The van der Waals surface area contributed by atoms with Gasteiger partial charge in [0.2, 0.25) is 5.22 Å². The van der Waals surface area contributed by atoms with E-state index in [1.165, 1.54) is 17.2 Å². The van der Waals surface area contributed by atoms with Gasteiger partial charge in [-0.2, -0.15) is 0 Å². The summed E-state index contributed by atoms with van der Waals surface area (Å²) in [4.78, 5) is 24.3. The maximum atomic E-state index is 12.0. The lowest BCUT2D eigenvalue weighted by molar-refractivity contribution is -0.142. The number of carboxylic acid groups (broad SMARTS) is 1. The summed E-state index contributed by atoms with van der Waals surface area (Å²) < 4.78 is 4.81. The van der Waals surface area contributed by atoms with Crippen LogP contribution in [0.25, 0.3) is 0 Å². The highest BCUT2D eigenvalue weighted by Crippen LogP contribution is 2.24. The van der Waals surface area contributed by atoms with E-state index in [4.69, 9.17) is 26.9 Å². The first-order valence-corrected chi connectivity index (χ1v) is 5.36. The van der Waals surface area contributed by atoms with Crippen molar-refractivity contribution in [1.82, 2.24) is 4.90 Å². The number of hydrogen-bond acceptors (Lipinski definition) is 4. The van der Waals surface area contributed by atoms with E-state index in [1.807, 2.05) is 0 Å². The lowest BCUT2D eigenvalue weighted by Gasteiger charge is -2.19. The molecule has 1 atom stereocenters. The molecule has 0 spiro atoms. The van der Waals surface area contributed by atoms with Crippen molar-refractivity contribution in [1.29, 1.82) is 0 Å². The highest BCUT2D eigenvalue weighted by atomic mass is 35.5. The Balaban J connectivity index is 2.15. The number of nitrogens with two attached hydrogens (primary N) is 1. The molecule has 0 aliphatic carbocycles. The number of carbonyl (C=O) groups excluding carboxylic acids is 1. The van der Waals surface area contributed by atoms with E-state index < -0.39 is 11.5 Å². The average molecular weight is 259 g/mol. The minimum Gasteiger partial charge on any atom is -0.480 e. The predicted octanol–water partition coefficient (Wildman–Crippen LogP) is 0.561. The Hall–Kier alpha value is -1.53. The molecule has 1 aromatic rings. The average Bonchev–Trinajstić information content (AvgIpc) is 2.85. The van der Waals surface area contributed by atoms with E-state index in [9.17, 15) is 9.59 Å². The maximum absolute atomic E-state index is 12.0. The molecule has 17 heavy (non-hydrogen) atoms. The lowest BCUT2D eigenvalue weighted by Crippen LogP contribution is -2.50. The molecule has 1 aromatic heterocycles. The molecule has 0 saturated carbocycles. The summed E-state index contributed by atoms with van der Waals surface area (Å²) >= 11 is 5.68. The summed E-state index contributed by atoms with van der Waals surface area (Å²) in [5, 5.41) is 8.95. The fraction of sp³-hybridized carbons (Fsp3) is 0.400. The van der Waals surface area contributed by atoms with Gasteiger partial charge in [0.25, 0.3) is 5.91 Å². The molecule has 0 radical (unpaired) electrons. The molecule has 1 amide bonds. The van der Waals surface area contributed by atoms with Crippen LogP contribution < -0.4 is 5.73 Å². The number of aliphatic carboxylic acids is 1. The molecule has 1 aliphatic heterocycles. The van der Waals surface area contributed by atoms with Gasteiger partial charge in [-0.05, 0) is 24.1 Å². The van der Waals surface area contributed by atoms with Gasteiger partial charge in [0, 0.05) is 13.1 Å². The number of carboxylic acids is 1. The summed E-state index contributed by atoms with van der Waals surface area (Å²) in [5.74, 6) is -1.47. The molecule has 1 saturated heterocycles. The molecular weight excluding hydrogens is 248 g/mol. The van der Waals surface area contributed by atoms with Gasteiger partial charge in [-0.25, -0.2) is 0 Å². The standard InChI is InChI=1S/C10H11ClN2O4/c11-7-6(1-4-17-7)8(14)13-3-2-10(12,5-13)9(15)16/h1,4H,2-3,5,12H2,(H,15,16). The Morgan fingerprint density at radius 2 is 2.29 bits per heavy atom. The summed E-state index contributed by atoms with van der Waals surface area (Å²) in [6.07, 6.45) is 1.53. The zero-order chi connectivity index (χ0) is 12.6. The van der Waals surface area contributed by atoms with Crippen molar-refractivity contribution in [2.24, 2.45) is 5.73 Å². The van der Waals surface area contributed by atoms with Crippen LogP contribution in [0, 0.1) is 0 Å². The van der Waals surface area contributed by atoms with Crippen molar-refractivity contribution < 1.29 is 19.1 Å². The van der Waals surface area contributed by atoms with Crippen LogP contribution in [0.5, 0.6) is 0 Å². The molecule has 1 fully saturated rings. The number of likely N-dealkylation sites (tertiary alicyclic amines) is 1. The second kappa shape index (κ2) is 4.05. The number of rotatable bonds is 2. The fourth-order valence-electron chi connectivity index (χ4n) is 1.80. The molecule has 0 aromatic carbocycles. The smallest absolute Gasteiger partial charge is 0.325 e. The van der Waals surface area contributed by atoms with Crippen molar-refractivity contribution in [3.63, 3.8) is 0 Å². The van der Waals surface area contributed by atoms with Crippen LogP contribution in [-0.4, -0.2) is 40.5 Å². The quantitative estimate of drug-likeness (QED) is 0.808. The van der Waals surface area contributed by atoms with Crippen molar-refractivity contribution in [2.45, 2.75) is 12.0 Å². The third-order valence-corrected chi connectivity index (χ3v) is 3.16. The molecule has 92 valence electrons. The molecular formula is C10H11ClN2O4. The van der Waals surface area contributed by atoms with Crippen molar-refractivity contribution >= 4 is 23.5 Å². The lowest BCUT2D eigenvalue weighted by atomic mass is 10.0. The van der Waals surface area contributed by atoms with Crippen LogP contribution >= 0.6 is 11.6 Å². The molecule has 2 heterocycles. The van der Waals surface area contributed by atoms with E-state index in [0.717, 1.165) is 0 Å². The monoisotopic (exact) mass is 258 g/mol. The highest BCUT2D eigenvalue weighted by molar-refractivity contribution is 6.32. The summed E-state index contributed by atoms with van der Waals surface area (Å²) in [5.41, 5.74) is 4.53. The van der Waals surface area contributed by atoms with Crippen LogP contribution in [0.2, 0.25) is 5.22 Å². The van der Waals surface area contributed by atoms with Gasteiger partial charge in [0.1, 0.15) is 5.54 Å². The zero-order valence-electron chi connectivity index (χ0n) is 8.85. The van der Waals surface area contributed by atoms with Crippen molar-refractivity contribution in [3.05, 3.63) is 23.1 Å². The van der Waals surface area contributed by atoms with Gasteiger partial charge in [0.05, 0.1) is 11.8 Å². The molecule has 2 rings (SSSR count). The van der Waals surface area contributed by atoms with Gasteiger partial charge in [-0.1, -0.05) is 0 Å². The molecule has 7 heteroatoms. The van der Waals surface area contributed by atoms with Crippen molar-refractivity contribution in [2.75, 3.05) is 13.1 Å². The minimum absolute atomic E-state index is 0.000142. The molecule has 1 aliphatic rings. The van der Waals surface area contributed by atoms with E-state index in [0.29, 0.717) is 6.54 Å². The first-order valence-electron chi connectivity index (χ1n) is 4.98. The van der Waals surface area contributed by atoms with Crippen LogP contribution in [0.3, 0.4) is 0 Å². The van der Waals surface area contributed by atoms with Gasteiger partial charge in [-0.15, -0.1) is 0 Å². The zero-order valence-corrected chi connectivity index (χ0v) is 9.61. The third kappa shape index (κ3) is 2.01. The molecule has 3 N–H and O–H groups in total. The topological polar surface area (TPSA) is 96.8 Å². The first kappa shape index (κ1) is 11.9. The summed E-state index contributed by atoms with van der Waals surface area (Å²) in [6.45, 7) is 0.270. The Bertz CT molecular complexity index is 473. The summed E-state index contributed by atoms with van der Waals surface area (Å²) in [6, 6.07) is 1.45. The van der Waals surface area contributed by atoms with Crippen molar-refractivity contribution in [3.8, 4) is 0 Å². The minimum atomic E-state index is -1.37. The second-order valence-electron chi connectivity index (χ2n) is 4.05. The normalized spacial score (nSPS) is 24.0. The number of amides is 1. The number of carbonyl (C=O) groups is 2. The number of furan rings is 1. The van der Waals surface area contributed by atoms with Crippen LogP contribution in [0.15, 0.2) is 16.7 Å². The predicted molar refractivity (Wildman–Crippen MR) is 58.8 cm³/mol. The van der Waals surface area contributed by atoms with Gasteiger partial charge >= 0.3 is 5.97 Å². The Labute approximate surface area is 102 Å². The molecule has 6 nitrogen and oxygen atoms in total. The Morgan fingerprint density at radius 3 is 2.76 bits per heavy atom. The Morgan fingerprint density at radius 1 is 1.59 bits per heavy atom. The summed E-state index contributed by atoms with van der Waals surface area (Å²) in [7, 11) is 0. The van der Waals surface area contributed by atoms with Gasteiger partial charge in [-0.3, -0.25) is 9.59 Å². The highest BCUT2D eigenvalue weighted by Gasteiger charge is 2.43. The number of nitrogens with zero attached hydrogens (tertiary/aromatic N) is 1. The SMILES string of the molecule is NC1(C(=O)O)CCN(C(=O)c2ccoc2Cl)C1. The fourth-order valence-corrected chi connectivity index (χ4v) is 1.99. The number of halogens is 1. The Kier molecular flexibility index (Phi) is 2.84.